The lowest BCUT2D eigenvalue weighted by atomic mass is 9.73. The fourth-order valence-corrected chi connectivity index (χ4v) is 5.53. The highest BCUT2D eigenvalue weighted by atomic mass is 16.1. The summed E-state index contributed by atoms with van der Waals surface area (Å²) >= 11 is 0. The molecule has 2 heterocycles. The van der Waals surface area contributed by atoms with Crippen LogP contribution in [0, 0.1) is 45.8 Å². The summed E-state index contributed by atoms with van der Waals surface area (Å²) in [6, 6.07) is 24.8. The molecule has 1 aliphatic carbocycles. The molecule has 0 aromatic heterocycles. The highest BCUT2D eigenvalue weighted by Crippen LogP contribution is 2.54. The van der Waals surface area contributed by atoms with E-state index in [9.17, 15) is 20.6 Å². The molecule has 164 valence electrons. The van der Waals surface area contributed by atoms with E-state index in [1.165, 1.54) is 0 Å². The van der Waals surface area contributed by atoms with Crippen LogP contribution in [0.5, 0.6) is 0 Å². The van der Waals surface area contributed by atoms with E-state index in [1.807, 2.05) is 71.6 Å². The van der Waals surface area contributed by atoms with E-state index in [4.69, 9.17) is 0 Å². The third-order valence-corrected chi connectivity index (χ3v) is 7.05. The number of fused-ring (bicyclic) bond motifs is 1. The van der Waals surface area contributed by atoms with Crippen molar-refractivity contribution in [2.75, 3.05) is 0 Å². The molecule has 4 atom stereocenters. The average Bonchev–Trinajstić information content (AvgIpc) is 3.68. The molecule has 1 saturated carbocycles. The van der Waals surface area contributed by atoms with E-state index in [0.29, 0.717) is 11.1 Å². The zero-order valence-electron chi connectivity index (χ0n) is 18.5. The standard InChI is InChI=1S/C29H22N4O/c30-15-19-11-14-24-27(25(21-12-13-21)23(16-31)17-32)26(20-7-3-1-4-8-20)28(33(24)18-19)29(34)22-9-5-2-6-10-22/h1-11,14,18,21,24,26-28H,12-13H2/t24-,26-,27+,28-/m0/s1. The van der Waals surface area contributed by atoms with Crippen LogP contribution in [0.15, 0.2) is 95.7 Å². The first-order chi connectivity index (χ1) is 16.7. The van der Waals surface area contributed by atoms with Crippen molar-refractivity contribution in [3.05, 3.63) is 107 Å². The van der Waals surface area contributed by atoms with E-state index in [1.54, 1.807) is 12.3 Å². The molecular weight excluding hydrogens is 420 g/mol. The van der Waals surface area contributed by atoms with Crippen molar-refractivity contribution in [1.82, 2.24) is 4.90 Å². The number of ketones is 1. The normalized spacial score (nSPS) is 24.7. The molecule has 0 amide bonds. The summed E-state index contributed by atoms with van der Waals surface area (Å²) in [5.41, 5.74) is 3.09. The van der Waals surface area contributed by atoms with Gasteiger partial charge in [0.05, 0.1) is 17.7 Å². The number of hydrogen-bond acceptors (Lipinski definition) is 5. The van der Waals surface area contributed by atoms with Crippen molar-refractivity contribution in [3.8, 4) is 18.2 Å². The van der Waals surface area contributed by atoms with Gasteiger partial charge in [0.25, 0.3) is 0 Å². The van der Waals surface area contributed by atoms with Crippen molar-refractivity contribution in [1.29, 1.82) is 15.8 Å². The fraction of sp³-hybridized carbons (Fsp3) is 0.241. The summed E-state index contributed by atoms with van der Waals surface area (Å²) < 4.78 is 0. The molecule has 0 N–H and O–H groups in total. The number of benzene rings is 2. The lowest BCUT2D eigenvalue weighted by Gasteiger charge is -2.31. The first-order valence-electron chi connectivity index (χ1n) is 11.4. The quantitative estimate of drug-likeness (QED) is 0.477. The van der Waals surface area contributed by atoms with Crippen LogP contribution >= 0.6 is 0 Å². The molecule has 5 nitrogen and oxygen atoms in total. The van der Waals surface area contributed by atoms with Crippen LogP contribution in [0.25, 0.3) is 0 Å². The largest absolute Gasteiger partial charge is 0.358 e. The van der Waals surface area contributed by atoms with Crippen LogP contribution in [0.2, 0.25) is 0 Å². The van der Waals surface area contributed by atoms with Gasteiger partial charge in [0.15, 0.2) is 5.78 Å². The predicted molar refractivity (Wildman–Crippen MR) is 127 cm³/mol. The van der Waals surface area contributed by atoms with Crippen molar-refractivity contribution >= 4 is 5.78 Å². The topological polar surface area (TPSA) is 91.7 Å². The third kappa shape index (κ3) is 3.61. The van der Waals surface area contributed by atoms with Crippen LogP contribution in [-0.2, 0) is 0 Å². The Labute approximate surface area is 199 Å². The van der Waals surface area contributed by atoms with Gasteiger partial charge >= 0.3 is 0 Å². The molecule has 0 bridgehead atoms. The predicted octanol–water partition coefficient (Wildman–Crippen LogP) is 5.05. The monoisotopic (exact) mass is 442 g/mol. The minimum Gasteiger partial charge on any atom is -0.358 e. The van der Waals surface area contributed by atoms with Gasteiger partial charge in [-0.3, -0.25) is 4.79 Å². The van der Waals surface area contributed by atoms with Gasteiger partial charge in [-0.1, -0.05) is 66.7 Å². The average molecular weight is 443 g/mol. The molecule has 3 aliphatic rings. The highest BCUT2D eigenvalue weighted by Gasteiger charge is 2.55. The number of carbonyl (C=O) groups is 1. The SMILES string of the molecule is N#CC1=CN2[C@H](C(=O)c3ccccc3)[C@@H](c3ccccc3)[C@@H](C(=C(C#N)C#N)C3CC3)[C@@H]2C=C1. The second-order valence-corrected chi connectivity index (χ2v) is 8.96. The molecule has 5 rings (SSSR count). The Morgan fingerprint density at radius 3 is 2.15 bits per heavy atom. The van der Waals surface area contributed by atoms with Gasteiger partial charge in [0.2, 0.25) is 0 Å². The minimum atomic E-state index is -0.569. The maximum absolute atomic E-state index is 14.0. The van der Waals surface area contributed by atoms with E-state index in [0.717, 1.165) is 24.0 Å². The molecule has 5 heteroatoms. The van der Waals surface area contributed by atoms with E-state index in [-0.39, 0.29) is 35.2 Å². The lowest BCUT2D eigenvalue weighted by molar-refractivity contribution is 0.0881. The molecule has 1 saturated heterocycles. The number of nitrogens with zero attached hydrogens (tertiary/aromatic N) is 4. The van der Waals surface area contributed by atoms with Crippen molar-refractivity contribution < 1.29 is 4.79 Å². The Morgan fingerprint density at radius 2 is 1.56 bits per heavy atom. The molecule has 2 aromatic carbocycles. The molecule has 0 unspecified atom stereocenters. The summed E-state index contributed by atoms with van der Waals surface area (Å²) in [6.45, 7) is 0. The van der Waals surface area contributed by atoms with Crippen LogP contribution in [0.4, 0.5) is 0 Å². The summed E-state index contributed by atoms with van der Waals surface area (Å²) in [5, 5.41) is 29.3. The van der Waals surface area contributed by atoms with Crippen molar-refractivity contribution in [2.45, 2.75) is 30.8 Å². The van der Waals surface area contributed by atoms with E-state index >= 15 is 0 Å². The summed E-state index contributed by atoms with van der Waals surface area (Å²) in [7, 11) is 0. The Morgan fingerprint density at radius 1 is 0.912 bits per heavy atom. The summed E-state index contributed by atoms with van der Waals surface area (Å²) in [6.07, 6.45) is 7.40. The Hall–Kier alpha value is -4.40. The number of nitriles is 3. The smallest absolute Gasteiger partial charge is 0.185 e. The van der Waals surface area contributed by atoms with Gasteiger partial charge in [-0.15, -0.1) is 0 Å². The molecule has 0 radical (unpaired) electrons. The van der Waals surface area contributed by atoms with E-state index in [2.05, 4.69) is 18.2 Å². The van der Waals surface area contributed by atoms with Crippen LogP contribution in [-0.4, -0.2) is 22.8 Å². The second kappa shape index (κ2) is 8.86. The molecule has 0 spiro atoms. The highest BCUT2D eigenvalue weighted by molar-refractivity contribution is 6.01. The first kappa shape index (κ1) is 21.4. The number of rotatable bonds is 5. The molecule has 2 aromatic rings. The lowest BCUT2D eigenvalue weighted by Crippen LogP contribution is -2.39. The van der Waals surface area contributed by atoms with Gasteiger partial charge in [-0.25, -0.2) is 0 Å². The minimum absolute atomic E-state index is 0.0311. The number of hydrogen-bond donors (Lipinski definition) is 0. The second-order valence-electron chi connectivity index (χ2n) is 8.96. The van der Waals surface area contributed by atoms with Gasteiger partial charge in [-0.2, -0.15) is 15.8 Å². The fourth-order valence-electron chi connectivity index (χ4n) is 5.53. The third-order valence-electron chi connectivity index (χ3n) is 7.05. The van der Waals surface area contributed by atoms with Gasteiger partial charge < -0.3 is 4.90 Å². The van der Waals surface area contributed by atoms with Gasteiger partial charge in [0, 0.05) is 23.6 Å². The molecular formula is C29H22N4O. The maximum atomic E-state index is 14.0. The Kier molecular flexibility index (Phi) is 5.59. The maximum Gasteiger partial charge on any atom is 0.185 e. The molecule has 34 heavy (non-hydrogen) atoms. The molecule has 2 aliphatic heterocycles. The number of carbonyl (C=O) groups excluding carboxylic acids is 1. The van der Waals surface area contributed by atoms with Gasteiger partial charge in [0.1, 0.15) is 23.8 Å². The number of allylic oxidation sites excluding steroid dienone is 3. The first-order valence-corrected chi connectivity index (χ1v) is 11.4. The Bertz CT molecular complexity index is 1310. The van der Waals surface area contributed by atoms with Crippen molar-refractivity contribution in [2.24, 2.45) is 11.8 Å². The summed E-state index contributed by atoms with van der Waals surface area (Å²) in [4.78, 5) is 16.0. The van der Waals surface area contributed by atoms with Gasteiger partial charge in [-0.05, 0) is 36.0 Å². The summed E-state index contributed by atoms with van der Waals surface area (Å²) in [5.74, 6) is -0.358. The van der Waals surface area contributed by atoms with Crippen LogP contribution in [0.1, 0.15) is 34.7 Å². The molecule has 2 fully saturated rings. The van der Waals surface area contributed by atoms with Crippen LogP contribution < -0.4 is 0 Å². The van der Waals surface area contributed by atoms with Crippen LogP contribution in [0.3, 0.4) is 0 Å². The zero-order chi connectivity index (χ0) is 23.7. The Balaban J connectivity index is 1.75. The van der Waals surface area contributed by atoms with Crippen molar-refractivity contribution in [3.63, 3.8) is 0 Å². The van der Waals surface area contributed by atoms with E-state index < -0.39 is 6.04 Å². The zero-order valence-corrected chi connectivity index (χ0v) is 18.5. The number of Topliss-reactive ketones (excluding diaryl/α,β-unsaturated/α-hetero) is 1.